The number of nitrogens with zero attached hydrogens (tertiary/aromatic N) is 2. The summed E-state index contributed by atoms with van der Waals surface area (Å²) < 4.78 is 0. The van der Waals surface area contributed by atoms with E-state index in [1.54, 1.807) is 19.0 Å². The average Bonchev–Trinajstić information content (AvgIpc) is 3.13. The molecule has 2 rings (SSSR count). The zero-order chi connectivity index (χ0) is 13.2. The van der Waals surface area contributed by atoms with Crippen molar-refractivity contribution in [3.8, 4) is 0 Å². The van der Waals surface area contributed by atoms with Crippen molar-refractivity contribution in [2.45, 2.75) is 32.1 Å². The molecule has 4 heteroatoms. The first-order chi connectivity index (χ1) is 8.54. The normalized spacial score (nSPS) is 29.3. The van der Waals surface area contributed by atoms with Crippen LogP contribution in [0.25, 0.3) is 0 Å². The van der Waals surface area contributed by atoms with E-state index >= 15 is 0 Å². The molecule has 0 unspecified atom stereocenters. The standard InChI is InChI=1S/C14H26N2O2/c1-15(2)13(18)9-16-7-3-6-14(10-16,11-17)8-12-4-5-12/h12,17H,3-11H2,1-2H3/t14-/m0/s1. The van der Waals surface area contributed by atoms with Gasteiger partial charge in [-0.05, 0) is 31.7 Å². The van der Waals surface area contributed by atoms with Crippen molar-refractivity contribution in [2.75, 3.05) is 40.3 Å². The highest BCUT2D eigenvalue weighted by molar-refractivity contribution is 5.77. The van der Waals surface area contributed by atoms with E-state index in [2.05, 4.69) is 4.90 Å². The third-order valence-corrected chi connectivity index (χ3v) is 4.35. The molecular formula is C14H26N2O2. The molecule has 18 heavy (non-hydrogen) atoms. The van der Waals surface area contributed by atoms with Crippen LogP contribution in [0.15, 0.2) is 0 Å². The molecule has 0 aromatic rings. The molecule has 1 atom stereocenters. The molecule has 1 saturated carbocycles. The Bertz CT molecular complexity index is 302. The highest BCUT2D eigenvalue weighted by atomic mass is 16.3. The van der Waals surface area contributed by atoms with Crippen LogP contribution in [0, 0.1) is 11.3 Å². The molecule has 4 nitrogen and oxygen atoms in total. The molecule has 0 aromatic heterocycles. The Morgan fingerprint density at radius 1 is 1.44 bits per heavy atom. The molecule has 1 amide bonds. The van der Waals surface area contributed by atoms with E-state index in [1.165, 1.54) is 12.8 Å². The molecule has 1 aliphatic heterocycles. The zero-order valence-corrected chi connectivity index (χ0v) is 11.7. The van der Waals surface area contributed by atoms with Gasteiger partial charge in [0, 0.05) is 32.7 Å². The molecule has 0 aromatic carbocycles. The second kappa shape index (κ2) is 5.57. The molecule has 1 N–H and O–H groups in total. The minimum atomic E-state index is 0.0615. The summed E-state index contributed by atoms with van der Waals surface area (Å²) in [4.78, 5) is 15.6. The molecule has 0 spiro atoms. The molecule has 1 saturated heterocycles. The Morgan fingerprint density at radius 3 is 2.72 bits per heavy atom. The average molecular weight is 254 g/mol. The number of rotatable bonds is 5. The van der Waals surface area contributed by atoms with E-state index in [0.29, 0.717) is 6.54 Å². The lowest BCUT2D eigenvalue weighted by Gasteiger charge is -2.42. The summed E-state index contributed by atoms with van der Waals surface area (Å²) in [5.41, 5.74) is 0.0615. The summed E-state index contributed by atoms with van der Waals surface area (Å²) in [7, 11) is 3.60. The monoisotopic (exact) mass is 254 g/mol. The summed E-state index contributed by atoms with van der Waals surface area (Å²) in [6.07, 6.45) is 6.04. The first kappa shape index (κ1) is 13.8. The van der Waals surface area contributed by atoms with Crippen LogP contribution >= 0.6 is 0 Å². The Labute approximate surface area is 110 Å². The fourth-order valence-electron chi connectivity index (χ4n) is 3.07. The van der Waals surface area contributed by atoms with E-state index in [1.807, 2.05) is 0 Å². The Morgan fingerprint density at radius 2 is 2.17 bits per heavy atom. The van der Waals surface area contributed by atoms with Gasteiger partial charge in [0.2, 0.25) is 5.91 Å². The van der Waals surface area contributed by atoms with Crippen LogP contribution in [-0.4, -0.2) is 61.2 Å². The molecule has 1 aliphatic carbocycles. The third-order valence-electron chi connectivity index (χ3n) is 4.35. The second-order valence-electron chi connectivity index (χ2n) is 6.41. The van der Waals surface area contributed by atoms with E-state index in [0.717, 1.165) is 38.3 Å². The van der Waals surface area contributed by atoms with Gasteiger partial charge in [0.15, 0.2) is 0 Å². The molecule has 1 heterocycles. The quantitative estimate of drug-likeness (QED) is 0.794. The summed E-state index contributed by atoms with van der Waals surface area (Å²) in [6.45, 7) is 2.65. The molecule has 0 radical (unpaired) electrons. The zero-order valence-electron chi connectivity index (χ0n) is 11.7. The third kappa shape index (κ3) is 3.45. The van der Waals surface area contributed by atoms with Gasteiger partial charge in [-0.15, -0.1) is 0 Å². The number of hydrogen-bond donors (Lipinski definition) is 1. The van der Waals surface area contributed by atoms with Crippen molar-refractivity contribution >= 4 is 5.91 Å². The number of hydrogen-bond acceptors (Lipinski definition) is 3. The Kier molecular flexibility index (Phi) is 4.28. The Hall–Kier alpha value is -0.610. The van der Waals surface area contributed by atoms with E-state index < -0.39 is 0 Å². The SMILES string of the molecule is CN(C)C(=O)CN1CCC[C@](CO)(CC2CC2)C1. The minimum absolute atomic E-state index is 0.0615. The number of amides is 1. The topological polar surface area (TPSA) is 43.8 Å². The molecule has 104 valence electrons. The van der Waals surface area contributed by atoms with Crippen molar-refractivity contribution < 1.29 is 9.90 Å². The maximum atomic E-state index is 11.8. The molecule has 2 aliphatic rings. The maximum absolute atomic E-state index is 11.8. The number of aliphatic hydroxyl groups is 1. The van der Waals surface area contributed by atoms with Crippen molar-refractivity contribution in [1.82, 2.24) is 9.80 Å². The first-order valence-electron chi connectivity index (χ1n) is 7.08. The van der Waals surface area contributed by atoms with Gasteiger partial charge in [0.25, 0.3) is 0 Å². The van der Waals surface area contributed by atoms with E-state index in [9.17, 15) is 9.90 Å². The maximum Gasteiger partial charge on any atom is 0.236 e. The fraction of sp³-hybridized carbons (Fsp3) is 0.929. The highest BCUT2D eigenvalue weighted by Gasteiger charge is 2.40. The Balaban J connectivity index is 1.91. The smallest absolute Gasteiger partial charge is 0.236 e. The lowest BCUT2D eigenvalue weighted by Crippen LogP contribution is -2.48. The number of aliphatic hydroxyl groups excluding tert-OH is 1. The van der Waals surface area contributed by atoms with E-state index in [4.69, 9.17) is 0 Å². The van der Waals surface area contributed by atoms with Gasteiger partial charge in [-0.1, -0.05) is 12.8 Å². The lowest BCUT2D eigenvalue weighted by atomic mass is 9.76. The number of carbonyl (C=O) groups is 1. The van der Waals surface area contributed by atoms with Crippen LogP contribution in [-0.2, 0) is 4.79 Å². The summed E-state index contributed by atoms with van der Waals surface area (Å²) in [6, 6.07) is 0. The van der Waals surface area contributed by atoms with Crippen LogP contribution in [0.2, 0.25) is 0 Å². The number of likely N-dealkylation sites (N-methyl/N-ethyl adjacent to an activating group) is 1. The fourth-order valence-corrected chi connectivity index (χ4v) is 3.07. The molecule has 0 bridgehead atoms. The summed E-state index contributed by atoms with van der Waals surface area (Å²) in [5, 5.41) is 9.76. The van der Waals surface area contributed by atoms with Gasteiger partial charge in [-0.25, -0.2) is 0 Å². The van der Waals surface area contributed by atoms with Gasteiger partial charge >= 0.3 is 0 Å². The number of piperidine rings is 1. The molecular weight excluding hydrogens is 228 g/mol. The van der Waals surface area contributed by atoms with Gasteiger partial charge in [0.05, 0.1) is 6.54 Å². The van der Waals surface area contributed by atoms with Crippen molar-refractivity contribution in [3.05, 3.63) is 0 Å². The first-order valence-corrected chi connectivity index (χ1v) is 7.08. The van der Waals surface area contributed by atoms with E-state index in [-0.39, 0.29) is 17.9 Å². The predicted molar refractivity (Wildman–Crippen MR) is 71.2 cm³/mol. The van der Waals surface area contributed by atoms with Gasteiger partial charge in [0.1, 0.15) is 0 Å². The van der Waals surface area contributed by atoms with Gasteiger partial charge in [-0.2, -0.15) is 0 Å². The number of carbonyl (C=O) groups excluding carboxylic acids is 1. The van der Waals surface area contributed by atoms with Crippen LogP contribution in [0.3, 0.4) is 0 Å². The van der Waals surface area contributed by atoms with Crippen LogP contribution in [0.5, 0.6) is 0 Å². The lowest BCUT2D eigenvalue weighted by molar-refractivity contribution is -0.131. The highest BCUT2D eigenvalue weighted by Crippen LogP contribution is 2.44. The molecule has 2 fully saturated rings. The van der Waals surface area contributed by atoms with Crippen LogP contribution in [0.4, 0.5) is 0 Å². The predicted octanol–water partition coefficient (Wildman–Crippen LogP) is 0.949. The largest absolute Gasteiger partial charge is 0.396 e. The van der Waals surface area contributed by atoms with Gasteiger partial charge < -0.3 is 10.0 Å². The number of likely N-dealkylation sites (tertiary alicyclic amines) is 1. The summed E-state index contributed by atoms with van der Waals surface area (Å²) >= 11 is 0. The van der Waals surface area contributed by atoms with Crippen molar-refractivity contribution in [2.24, 2.45) is 11.3 Å². The second-order valence-corrected chi connectivity index (χ2v) is 6.41. The van der Waals surface area contributed by atoms with Crippen molar-refractivity contribution in [3.63, 3.8) is 0 Å². The van der Waals surface area contributed by atoms with Gasteiger partial charge in [-0.3, -0.25) is 9.69 Å². The van der Waals surface area contributed by atoms with Crippen LogP contribution in [0.1, 0.15) is 32.1 Å². The summed E-state index contributed by atoms with van der Waals surface area (Å²) in [5.74, 6) is 0.997. The van der Waals surface area contributed by atoms with Crippen LogP contribution < -0.4 is 0 Å². The minimum Gasteiger partial charge on any atom is -0.396 e. The van der Waals surface area contributed by atoms with Crippen molar-refractivity contribution in [1.29, 1.82) is 0 Å².